The number of nitrogens with two attached hydrogens (primary N) is 1. The van der Waals surface area contributed by atoms with Crippen LogP contribution in [0.25, 0.3) is 0 Å². The summed E-state index contributed by atoms with van der Waals surface area (Å²) in [5.41, 5.74) is 5.52. The van der Waals surface area contributed by atoms with E-state index in [1.54, 1.807) is 0 Å². The van der Waals surface area contributed by atoms with Crippen LogP contribution >= 0.6 is 0 Å². The van der Waals surface area contributed by atoms with Crippen molar-refractivity contribution in [3.8, 4) is 0 Å². The summed E-state index contributed by atoms with van der Waals surface area (Å²) in [6.45, 7) is 4.18. The van der Waals surface area contributed by atoms with Gasteiger partial charge in [-0.3, -0.25) is 0 Å². The van der Waals surface area contributed by atoms with Crippen molar-refractivity contribution in [3.63, 3.8) is 0 Å². The van der Waals surface area contributed by atoms with Crippen molar-refractivity contribution >= 4 is 15.8 Å². The van der Waals surface area contributed by atoms with Gasteiger partial charge in [-0.25, -0.2) is 18.1 Å². The highest BCUT2D eigenvalue weighted by molar-refractivity contribution is 7.89. The first kappa shape index (κ1) is 13.3. The molecule has 1 heterocycles. The number of hydrogen-bond donors (Lipinski definition) is 2. The van der Waals surface area contributed by atoms with Crippen LogP contribution in [0.3, 0.4) is 0 Å². The molecule has 0 amide bonds. The molecule has 0 bridgehead atoms. The van der Waals surface area contributed by atoms with E-state index >= 15 is 0 Å². The van der Waals surface area contributed by atoms with Gasteiger partial charge in [-0.15, -0.1) is 0 Å². The van der Waals surface area contributed by atoms with Gasteiger partial charge in [0.25, 0.3) is 0 Å². The number of nitrogens with zero attached hydrogens (tertiary/aromatic N) is 1. The average molecular weight is 269 g/mol. The van der Waals surface area contributed by atoms with Gasteiger partial charge in [0.05, 0.1) is 4.90 Å². The zero-order chi connectivity index (χ0) is 13.4. The zero-order valence-electron chi connectivity index (χ0n) is 10.7. The van der Waals surface area contributed by atoms with Gasteiger partial charge in [-0.05, 0) is 24.3 Å². The Balaban J connectivity index is 2.23. The summed E-state index contributed by atoms with van der Waals surface area (Å²) < 4.78 is 27.2. The monoisotopic (exact) mass is 269 g/mol. The Morgan fingerprint density at radius 3 is 2.78 bits per heavy atom. The van der Waals surface area contributed by atoms with Gasteiger partial charge < -0.3 is 5.73 Å². The molecule has 1 aromatic rings. The van der Waals surface area contributed by atoms with Crippen molar-refractivity contribution in [2.75, 3.05) is 5.73 Å². The van der Waals surface area contributed by atoms with Crippen molar-refractivity contribution < 1.29 is 8.42 Å². The Labute approximate surface area is 108 Å². The van der Waals surface area contributed by atoms with Gasteiger partial charge in [0, 0.05) is 18.3 Å². The SMILES string of the molecule is CC1(C)CCCC1NS(=O)(=O)c1ccnc(N)c1. The third kappa shape index (κ3) is 2.64. The molecule has 0 radical (unpaired) electrons. The predicted octanol–water partition coefficient (Wildman–Crippen LogP) is 1.52. The van der Waals surface area contributed by atoms with Crippen molar-refractivity contribution in [2.24, 2.45) is 5.41 Å². The number of nitrogen functional groups attached to an aromatic ring is 1. The number of pyridine rings is 1. The van der Waals surface area contributed by atoms with Crippen LogP contribution in [0.5, 0.6) is 0 Å². The third-order valence-electron chi connectivity index (χ3n) is 3.62. The minimum Gasteiger partial charge on any atom is -0.384 e. The van der Waals surface area contributed by atoms with Gasteiger partial charge in [-0.1, -0.05) is 20.3 Å². The van der Waals surface area contributed by atoms with Crippen LogP contribution in [0.15, 0.2) is 23.2 Å². The average Bonchev–Trinajstić information content (AvgIpc) is 2.58. The molecular weight excluding hydrogens is 250 g/mol. The maximum Gasteiger partial charge on any atom is 0.241 e. The van der Waals surface area contributed by atoms with E-state index in [0.29, 0.717) is 0 Å². The van der Waals surface area contributed by atoms with Crippen LogP contribution in [0, 0.1) is 5.41 Å². The van der Waals surface area contributed by atoms with E-state index in [1.165, 1.54) is 18.3 Å². The maximum absolute atomic E-state index is 12.2. The topological polar surface area (TPSA) is 85.1 Å². The first-order valence-corrected chi connectivity index (χ1v) is 7.53. The maximum atomic E-state index is 12.2. The lowest BCUT2D eigenvalue weighted by atomic mass is 9.88. The van der Waals surface area contributed by atoms with E-state index in [4.69, 9.17) is 5.73 Å². The molecule has 0 spiro atoms. The van der Waals surface area contributed by atoms with E-state index in [9.17, 15) is 8.42 Å². The fourth-order valence-corrected chi connectivity index (χ4v) is 3.86. The van der Waals surface area contributed by atoms with E-state index in [-0.39, 0.29) is 22.2 Å². The largest absolute Gasteiger partial charge is 0.384 e. The van der Waals surface area contributed by atoms with Crippen molar-refractivity contribution in [3.05, 3.63) is 18.3 Å². The standard InChI is InChI=1S/C12H19N3O2S/c1-12(2)6-3-4-10(12)15-18(16,17)9-5-7-14-11(13)8-9/h5,7-8,10,15H,3-4,6H2,1-2H3,(H2,13,14). The van der Waals surface area contributed by atoms with Gasteiger partial charge in [0.15, 0.2) is 0 Å². The third-order valence-corrected chi connectivity index (χ3v) is 5.09. The first-order chi connectivity index (χ1) is 8.31. The van der Waals surface area contributed by atoms with E-state index in [2.05, 4.69) is 23.6 Å². The number of anilines is 1. The molecule has 2 rings (SSSR count). The van der Waals surface area contributed by atoms with Crippen LogP contribution < -0.4 is 10.5 Å². The molecule has 3 N–H and O–H groups in total. The number of hydrogen-bond acceptors (Lipinski definition) is 4. The summed E-state index contributed by atoms with van der Waals surface area (Å²) in [4.78, 5) is 3.98. The molecule has 1 aromatic heterocycles. The molecule has 6 heteroatoms. The highest BCUT2D eigenvalue weighted by Crippen LogP contribution is 2.37. The van der Waals surface area contributed by atoms with Crippen molar-refractivity contribution in [1.82, 2.24) is 9.71 Å². The van der Waals surface area contributed by atoms with E-state index in [0.717, 1.165) is 19.3 Å². The second-order valence-corrected chi connectivity index (χ2v) is 7.19. The normalized spacial score (nSPS) is 23.1. The van der Waals surface area contributed by atoms with Crippen LogP contribution in [-0.2, 0) is 10.0 Å². The number of aromatic nitrogens is 1. The molecule has 1 saturated carbocycles. The molecule has 0 saturated heterocycles. The van der Waals surface area contributed by atoms with Gasteiger partial charge >= 0.3 is 0 Å². The number of nitrogens with one attached hydrogen (secondary N) is 1. The molecule has 0 aliphatic heterocycles. The Kier molecular flexibility index (Phi) is 3.33. The van der Waals surface area contributed by atoms with Gasteiger partial charge in [0.2, 0.25) is 10.0 Å². The molecule has 5 nitrogen and oxygen atoms in total. The lowest BCUT2D eigenvalue weighted by Gasteiger charge is -2.27. The lowest BCUT2D eigenvalue weighted by molar-refractivity contribution is 0.313. The quantitative estimate of drug-likeness (QED) is 0.871. The molecule has 100 valence electrons. The molecule has 1 aliphatic rings. The minimum atomic E-state index is -3.51. The van der Waals surface area contributed by atoms with Crippen LogP contribution in [0.2, 0.25) is 0 Å². The van der Waals surface area contributed by atoms with Crippen molar-refractivity contribution in [2.45, 2.75) is 44.0 Å². The molecule has 1 aliphatic carbocycles. The Morgan fingerprint density at radius 1 is 1.50 bits per heavy atom. The highest BCUT2D eigenvalue weighted by Gasteiger charge is 2.37. The smallest absolute Gasteiger partial charge is 0.241 e. The predicted molar refractivity (Wildman–Crippen MR) is 70.4 cm³/mol. The van der Waals surface area contributed by atoms with Crippen LogP contribution in [0.4, 0.5) is 5.82 Å². The summed E-state index contributed by atoms with van der Waals surface area (Å²) in [7, 11) is -3.51. The molecular formula is C12H19N3O2S. The second kappa shape index (κ2) is 4.51. The van der Waals surface area contributed by atoms with Crippen molar-refractivity contribution in [1.29, 1.82) is 0 Å². The summed E-state index contributed by atoms with van der Waals surface area (Å²) in [5.74, 6) is 0.212. The number of rotatable bonds is 3. The Morgan fingerprint density at radius 2 is 2.22 bits per heavy atom. The molecule has 1 unspecified atom stereocenters. The molecule has 1 fully saturated rings. The molecule has 0 aromatic carbocycles. The Bertz CT molecular complexity index is 540. The fraction of sp³-hybridized carbons (Fsp3) is 0.583. The summed E-state index contributed by atoms with van der Waals surface area (Å²) in [5, 5.41) is 0. The van der Waals surface area contributed by atoms with Crippen LogP contribution in [-0.4, -0.2) is 19.4 Å². The van der Waals surface area contributed by atoms with Crippen LogP contribution in [0.1, 0.15) is 33.1 Å². The minimum absolute atomic E-state index is 0.00560. The van der Waals surface area contributed by atoms with Gasteiger partial charge in [0.1, 0.15) is 5.82 Å². The highest BCUT2D eigenvalue weighted by atomic mass is 32.2. The number of sulfonamides is 1. The first-order valence-electron chi connectivity index (χ1n) is 6.05. The van der Waals surface area contributed by atoms with Gasteiger partial charge in [-0.2, -0.15) is 0 Å². The second-order valence-electron chi connectivity index (χ2n) is 5.47. The molecule has 18 heavy (non-hydrogen) atoms. The Hall–Kier alpha value is -1.14. The molecule has 1 atom stereocenters. The van der Waals surface area contributed by atoms with E-state index < -0.39 is 10.0 Å². The zero-order valence-corrected chi connectivity index (χ0v) is 11.5. The van der Waals surface area contributed by atoms with E-state index in [1.807, 2.05) is 0 Å². The lowest BCUT2D eigenvalue weighted by Crippen LogP contribution is -2.41. The summed E-state index contributed by atoms with van der Waals surface area (Å²) in [6.07, 6.45) is 4.38. The summed E-state index contributed by atoms with van der Waals surface area (Å²) in [6, 6.07) is 2.82. The summed E-state index contributed by atoms with van der Waals surface area (Å²) >= 11 is 0. The fourth-order valence-electron chi connectivity index (χ4n) is 2.40.